The second-order valence-electron chi connectivity index (χ2n) is 5.15. The first-order valence-corrected chi connectivity index (χ1v) is 8.78. The van der Waals surface area contributed by atoms with Gasteiger partial charge in [0.05, 0.1) is 12.9 Å². The molecular weight excluding hydrogens is 362 g/mol. The fraction of sp³-hybridized carbons (Fsp3) is 0.235. The van der Waals surface area contributed by atoms with Gasteiger partial charge in [-0.3, -0.25) is 9.69 Å². The molecule has 1 aliphatic heterocycles. The van der Waals surface area contributed by atoms with Crippen molar-refractivity contribution in [2.24, 2.45) is 0 Å². The maximum atomic E-state index is 12.4. The van der Waals surface area contributed by atoms with Gasteiger partial charge in [-0.2, -0.15) is 0 Å². The van der Waals surface area contributed by atoms with E-state index in [2.05, 4.69) is 15.9 Å². The van der Waals surface area contributed by atoms with E-state index in [4.69, 9.17) is 4.74 Å². The van der Waals surface area contributed by atoms with Crippen LogP contribution in [0.25, 0.3) is 0 Å². The number of carbonyl (C=O) groups excluding carboxylic acids is 1. The Morgan fingerprint density at radius 2 is 1.95 bits per heavy atom. The van der Waals surface area contributed by atoms with Crippen LogP contribution in [0.1, 0.15) is 16.5 Å². The van der Waals surface area contributed by atoms with Crippen LogP contribution in [0.3, 0.4) is 0 Å². The number of carbonyl (C=O) groups is 1. The van der Waals surface area contributed by atoms with Gasteiger partial charge in [0, 0.05) is 15.7 Å². The lowest BCUT2D eigenvalue weighted by Gasteiger charge is -2.26. The molecule has 0 bridgehead atoms. The van der Waals surface area contributed by atoms with Crippen molar-refractivity contribution in [3.63, 3.8) is 0 Å². The summed E-state index contributed by atoms with van der Waals surface area (Å²) in [5.74, 6) is 1.40. The van der Waals surface area contributed by atoms with Gasteiger partial charge >= 0.3 is 0 Å². The van der Waals surface area contributed by atoms with Gasteiger partial charge in [0.15, 0.2) is 0 Å². The number of methoxy groups -OCH3 is 1. The molecule has 2 aromatic rings. The predicted octanol–water partition coefficient (Wildman–Crippen LogP) is 4.54. The fourth-order valence-corrected chi connectivity index (χ4v) is 4.11. The summed E-state index contributed by atoms with van der Waals surface area (Å²) < 4.78 is 6.46. The van der Waals surface area contributed by atoms with Gasteiger partial charge < -0.3 is 4.74 Å². The molecule has 1 aliphatic rings. The van der Waals surface area contributed by atoms with Crippen LogP contribution in [0, 0.1) is 6.92 Å². The Morgan fingerprint density at radius 3 is 2.64 bits per heavy atom. The van der Waals surface area contributed by atoms with Crippen molar-refractivity contribution in [1.29, 1.82) is 0 Å². The van der Waals surface area contributed by atoms with Gasteiger partial charge in [0.1, 0.15) is 11.1 Å². The summed E-state index contributed by atoms with van der Waals surface area (Å²) in [4.78, 5) is 14.2. The Labute approximate surface area is 142 Å². The SMILES string of the molecule is COc1ccc(Br)cc1C1SCC(=O)N1c1ccc(C)cc1. The van der Waals surface area contributed by atoms with Crippen LogP contribution >= 0.6 is 27.7 Å². The van der Waals surface area contributed by atoms with E-state index in [0.717, 1.165) is 21.5 Å². The summed E-state index contributed by atoms with van der Waals surface area (Å²) in [5.41, 5.74) is 3.11. The summed E-state index contributed by atoms with van der Waals surface area (Å²) in [5, 5.41) is -0.0670. The third-order valence-corrected chi connectivity index (χ3v) is 5.33. The molecule has 0 saturated carbocycles. The van der Waals surface area contributed by atoms with Crippen molar-refractivity contribution < 1.29 is 9.53 Å². The molecule has 5 heteroatoms. The number of amides is 1. The van der Waals surface area contributed by atoms with Gasteiger partial charge in [0.2, 0.25) is 5.91 Å². The van der Waals surface area contributed by atoms with E-state index in [9.17, 15) is 4.79 Å². The van der Waals surface area contributed by atoms with Crippen molar-refractivity contribution in [1.82, 2.24) is 0 Å². The molecule has 3 nitrogen and oxygen atoms in total. The zero-order valence-electron chi connectivity index (χ0n) is 12.4. The Morgan fingerprint density at radius 1 is 1.23 bits per heavy atom. The molecule has 1 saturated heterocycles. The minimum absolute atomic E-state index is 0.0670. The molecular formula is C17H16BrNO2S. The first-order valence-electron chi connectivity index (χ1n) is 6.94. The minimum Gasteiger partial charge on any atom is -0.496 e. The minimum atomic E-state index is -0.0670. The van der Waals surface area contributed by atoms with Crippen molar-refractivity contribution >= 4 is 39.3 Å². The average molecular weight is 378 g/mol. The van der Waals surface area contributed by atoms with E-state index in [1.165, 1.54) is 5.56 Å². The van der Waals surface area contributed by atoms with Crippen LogP contribution < -0.4 is 9.64 Å². The lowest BCUT2D eigenvalue weighted by molar-refractivity contribution is -0.115. The Bertz CT molecular complexity index is 702. The molecule has 2 aromatic carbocycles. The van der Waals surface area contributed by atoms with E-state index in [-0.39, 0.29) is 11.3 Å². The predicted molar refractivity (Wildman–Crippen MR) is 94.6 cm³/mol. The lowest BCUT2D eigenvalue weighted by Crippen LogP contribution is -2.28. The summed E-state index contributed by atoms with van der Waals surface area (Å²) in [6.07, 6.45) is 0. The maximum absolute atomic E-state index is 12.4. The highest BCUT2D eigenvalue weighted by Crippen LogP contribution is 2.45. The Kier molecular flexibility index (Phi) is 4.45. The summed E-state index contributed by atoms with van der Waals surface area (Å²) in [6.45, 7) is 2.04. The number of ether oxygens (including phenoxy) is 1. The summed E-state index contributed by atoms with van der Waals surface area (Å²) in [7, 11) is 1.66. The summed E-state index contributed by atoms with van der Waals surface area (Å²) >= 11 is 5.13. The highest BCUT2D eigenvalue weighted by molar-refractivity contribution is 9.10. The highest BCUT2D eigenvalue weighted by atomic mass is 79.9. The first kappa shape index (κ1) is 15.4. The molecule has 0 aliphatic carbocycles. The van der Waals surface area contributed by atoms with Gasteiger partial charge in [-0.05, 0) is 37.3 Å². The number of aryl methyl sites for hydroxylation is 1. The molecule has 1 amide bonds. The molecule has 114 valence electrons. The molecule has 3 rings (SSSR count). The number of benzene rings is 2. The molecule has 0 spiro atoms. The maximum Gasteiger partial charge on any atom is 0.238 e. The van der Waals surface area contributed by atoms with Gasteiger partial charge in [-0.1, -0.05) is 33.6 Å². The quantitative estimate of drug-likeness (QED) is 0.785. The number of hydrogen-bond acceptors (Lipinski definition) is 3. The van der Waals surface area contributed by atoms with E-state index in [1.807, 2.05) is 54.3 Å². The van der Waals surface area contributed by atoms with E-state index in [1.54, 1.807) is 18.9 Å². The van der Waals surface area contributed by atoms with Crippen LogP contribution in [0.4, 0.5) is 5.69 Å². The smallest absolute Gasteiger partial charge is 0.238 e. The van der Waals surface area contributed by atoms with E-state index >= 15 is 0 Å². The zero-order chi connectivity index (χ0) is 15.7. The van der Waals surface area contributed by atoms with Crippen molar-refractivity contribution in [2.45, 2.75) is 12.3 Å². The van der Waals surface area contributed by atoms with Gasteiger partial charge in [-0.25, -0.2) is 0 Å². The zero-order valence-corrected chi connectivity index (χ0v) is 14.8. The number of hydrogen-bond donors (Lipinski definition) is 0. The number of rotatable bonds is 3. The normalized spacial score (nSPS) is 17.9. The lowest BCUT2D eigenvalue weighted by atomic mass is 10.1. The molecule has 1 heterocycles. The Hall–Kier alpha value is -1.46. The topological polar surface area (TPSA) is 29.5 Å². The van der Waals surface area contributed by atoms with Gasteiger partial charge in [-0.15, -0.1) is 11.8 Å². The van der Waals surface area contributed by atoms with E-state index in [0.29, 0.717) is 5.75 Å². The van der Waals surface area contributed by atoms with Crippen LogP contribution in [0.5, 0.6) is 5.75 Å². The number of nitrogens with zero attached hydrogens (tertiary/aromatic N) is 1. The van der Waals surface area contributed by atoms with E-state index < -0.39 is 0 Å². The van der Waals surface area contributed by atoms with Crippen molar-refractivity contribution in [3.8, 4) is 5.75 Å². The second-order valence-corrected chi connectivity index (χ2v) is 7.13. The monoisotopic (exact) mass is 377 g/mol. The number of thioether (sulfide) groups is 1. The van der Waals surface area contributed by atoms with Crippen LogP contribution in [0.15, 0.2) is 46.9 Å². The van der Waals surface area contributed by atoms with Crippen LogP contribution in [-0.4, -0.2) is 18.8 Å². The van der Waals surface area contributed by atoms with Crippen LogP contribution in [0.2, 0.25) is 0 Å². The van der Waals surface area contributed by atoms with Crippen molar-refractivity contribution in [2.75, 3.05) is 17.8 Å². The molecule has 1 atom stereocenters. The number of anilines is 1. The van der Waals surface area contributed by atoms with Crippen LogP contribution in [-0.2, 0) is 4.79 Å². The standard InChI is InChI=1S/C17H16BrNO2S/c1-11-3-6-13(7-4-11)19-16(20)10-22-17(19)14-9-12(18)5-8-15(14)21-2/h3-9,17H,10H2,1-2H3. The molecule has 1 fully saturated rings. The second kappa shape index (κ2) is 6.34. The Balaban J connectivity index is 2.04. The molecule has 22 heavy (non-hydrogen) atoms. The largest absolute Gasteiger partial charge is 0.496 e. The summed E-state index contributed by atoms with van der Waals surface area (Å²) in [6, 6.07) is 13.9. The van der Waals surface area contributed by atoms with Crippen molar-refractivity contribution in [3.05, 3.63) is 58.1 Å². The third kappa shape index (κ3) is 2.88. The number of halogens is 1. The highest BCUT2D eigenvalue weighted by Gasteiger charge is 2.35. The van der Waals surface area contributed by atoms with Gasteiger partial charge in [0.25, 0.3) is 0 Å². The fourth-order valence-electron chi connectivity index (χ4n) is 2.54. The molecule has 0 aromatic heterocycles. The molecule has 0 N–H and O–H groups in total. The average Bonchev–Trinajstić information content (AvgIpc) is 2.90. The molecule has 1 unspecified atom stereocenters. The third-order valence-electron chi connectivity index (χ3n) is 3.64. The first-order chi connectivity index (χ1) is 10.6. The molecule has 0 radical (unpaired) electrons.